The Morgan fingerprint density at radius 1 is 1.11 bits per heavy atom. The molecule has 0 unspecified atom stereocenters. The van der Waals surface area contributed by atoms with Gasteiger partial charge in [0, 0.05) is 5.56 Å². The molecule has 1 aliphatic heterocycles. The van der Waals surface area contributed by atoms with Crippen molar-refractivity contribution in [2.45, 2.75) is 32.4 Å². The third-order valence-electron chi connectivity index (χ3n) is 4.53. The van der Waals surface area contributed by atoms with Crippen molar-refractivity contribution >= 4 is 29.1 Å². The van der Waals surface area contributed by atoms with E-state index in [2.05, 4.69) is 5.32 Å². The van der Waals surface area contributed by atoms with Crippen molar-refractivity contribution in [3.63, 3.8) is 0 Å². The van der Waals surface area contributed by atoms with Gasteiger partial charge in [-0.15, -0.1) is 0 Å². The van der Waals surface area contributed by atoms with Crippen LogP contribution in [0, 0.1) is 0 Å². The number of hydrogen-bond acceptors (Lipinski definition) is 4. The van der Waals surface area contributed by atoms with Crippen molar-refractivity contribution in [2.75, 3.05) is 10.2 Å². The van der Waals surface area contributed by atoms with Crippen LogP contribution >= 0.6 is 0 Å². The molecule has 0 saturated heterocycles. The Hall–Kier alpha value is -3.35. The zero-order chi connectivity index (χ0) is 19.8. The Balaban J connectivity index is 1.87. The lowest BCUT2D eigenvalue weighted by atomic mass is 9.95. The second-order valence-electron chi connectivity index (χ2n) is 6.85. The number of benzene rings is 2. The Kier molecular flexibility index (Phi) is 4.61. The van der Waals surface area contributed by atoms with Gasteiger partial charge in [0.05, 0.1) is 11.4 Å². The van der Waals surface area contributed by atoms with E-state index in [1.54, 1.807) is 57.2 Å². The van der Waals surface area contributed by atoms with E-state index >= 15 is 0 Å². The molecule has 7 nitrogen and oxygen atoms in total. The van der Waals surface area contributed by atoms with Gasteiger partial charge in [-0.1, -0.05) is 12.1 Å². The summed E-state index contributed by atoms with van der Waals surface area (Å²) in [7, 11) is 0. The molecule has 140 valence electrons. The van der Waals surface area contributed by atoms with Gasteiger partial charge in [-0.05, 0) is 57.2 Å². The quantitative estimate of drug-likeness (QED) is 0.866. The zero-order valence-corrected chi connectivity index (χ0v) is 15.4. The molecule has 0 aromatic heterocycles. The van der Waals surface area contributed by atoms with Crippen LogP contribution in [0.15, 0.2) is 48.5 Å². The van der Waals surface area contributed by atoms with E-state index in [0.717, 1.165) is 0 Å². The van der Waals surface area contributed by atoms with E-state index in [1.807, 2.05) is 0 Å². The Labute approximate surface area is 157 Å². The Bertz CT molecular complexity index is 906. The number of fused-ring (bicyclic) bond motifs is 1. The van der Waals surface area contributed by atoms with E-state index in [0.29, 0.717) is 22.7 Å². The van der Waals surface area contributed by atoms with Crippen molar-refractivity contribution in [3.8, 4) is 5.75 Å². The van der Waals surface area contributed by atoms with Crippen LogP contribution in [-0.2, 0) is 9.59 Å². The monoisotopic (exact) mass is 367 g/mol. The smallest absolute Gasteiger partial charge is 0.268 e. The van der Waals surface area contributed by atoms with Crippen LogP contribution in [0.4, 0.5) is 11.4 Å². The highest BCUT2D eigenvalue weighted by atomic mass is 16.5. The number of para-hydroxylation sites is 2. The zero-order valence-electron chi connectivity index (χ0n) is 15.4. The van der Waals surface area contributed by atoms with Gasteiger partial charge in [0.2, 0.25) is 11.8 Å². The number of nitrogens with one attached hydrogen (secondary N) is 1. The van der Waals surface area contributed by atoms with Crippen LogP contribution in [0.2, 0.25) is 0 Å². The lowest BCUT2D eigenvalue weighted by Crippen LogP contribution is -2.60. The Morgan fingerprint density at radius 2 is 1.74 bits per heavy atom. The molecule has 0 saturated carbocycles. The molecule has 3 amide bonds. The molecule has 1 atom stereocenters. The number of ether oxygens (including phenoxy) is 1. The molecule has 0 radical (unpaired) electrons. The standard InChI is InChI=1S/C20H21N3O4/c1-12(27-14-10-8-13(9-11-14)17(21)24)18(25)23-16-7-5-4-6-15(16)22-19(26)20(23,2)3/h4-12H,1-3H3,(H2,21,24)(H,22,26)/t12-/m0/s1. The van der Waals surface area contributed by atoms with Gasteiger partial charge in [-0.2, -0.15) is 0 Å². The number of primary amides is 1. The molecule has 2 aromatic carbocycles. The molecule has 0 spiro atoms. The van der Waals surface area contributed by atoms with Crippen molar-refractivity contribution in [3.05, 3.63) is 54.1 Å². The minimum absolute atomic E-state index is 0.271. The minimum atomic E-state index is -1.07. The van der Waals surface area contributed by atoms with Gasteiger partial charge in [0.15, 0.2) is 6.10 Å². The van der Waals surface area contributed by atoms with E-state index in [4.69, 9.17) is 10.5 Å². The molecule has 0 aliphatic carbocycles. The van der Waals surface area contributed by atoms with Crippen molar-refractivity contribution in [1.82, 2.24) is 0 Å². The minimum Gasteiger partial charge on any atom is -0.481 e. The number of carbonyl (C=O) groups is 3. The maximum atomic E-state index is 13.1. The van der Waals surface area contributed by atoms with Crippen molar-refractivity contribution < 1.29 is 19.1 Å². The third-order valence-corrected chi connectivity index (χ3v) is 4.53. The molecule has 27 heavy (non-hydrogen) atoms. The van der Waals surface area contributed by atoms with E-state index in [1.165, 1.54) is 17.0 Å². The lowest BCUT2D eigenvalue weighted by molar-refractivity contribution is -0.130. The first kappa shape index (κ1) is 18.4. The molecular formula is C20H21N3O4. The predicted octanol–water partition coefficient (Wildman–Crippen LogP) is 2.32. The summed E-state index contributed by atoms with van der Waals surface area (Å²) in [5.41, 5.74) is 5.70. The fraction of sp³-hybridized carbons (Fsp3) is 0.250. The van der Waals surface area contributed by atoms with E-state index in [9.17, 15) is 14.4 Å². The van der Waals surface area contributed by atoms with Crippen LogP contribution < -0.4 is 20.7 Å². The number of nitrogens with zero attached hydrogens (tertiary/aromatic N) is 1. The van der Waals surface area contributed by atoms with Crippen molar-refractivity contribution in [2.24, 2.45) is 5.73 Å². The molecule has 0 bridgehead atoms. The van der Waals surface area contributed by atoms with Gasteiger partial charge >= 0.3 is 0 Å². The van der Waals surface area contributed by atoms with Crippen LogP contribution in [0.25, 0.3) is 0 Å². The predicted molar refractivity (Wildman–Crippen MR) is 102 cm³/mol. The topological polar surface area (TPSA) is 102 Å². The third kappa shape index (κ3) is 3.36. The summed E-state index contributed by atoms with van der Waals surface area (Å²) in [6.45, 7) is 4.99. The van der Waals surface area contributed by atoms with Gasteiger partial charge < -0.3 is 15.8 Å². The highest BCUT2D eigenvalue weighted by molar-refractivity contribution is 6.14. The van der Waals surface area contributed by atoms with Crippen LogP contribution in [0.1, 0.15) is 31.1 Å². The maximum Gasteiger partial charge on any atom is 0.268 e. The van der Waals surface area contributed by atoms with E-state index in [-0.39, 0.29) is 11.8 Å². The molecular weight excluding hydrogens is 346 g/mol. The van der Waals surface area contributed by atoms with Gasteiger partial charge in [-0.25, -0.2) is 0 Å². The lowest BCUT2D eigenvalue weighted by Gasteiger charge is -2.42. The first-order chi connectivity index (χ1) is 12.7. The molecule has 7 heteroatoms. The maximum absolute atomic E-state index is 13.1. The normalized spacial score (nSPS) is 16.1. The molecule has 3 N–H and O–H groups in total. The summed E-state index contributed by atoms with van der Waals surface area (Å²) >= 11 is 0. The average Bonchev–Trinajstić information content (AvgIpc) is 2.62. The second kappa shape index (κ2) is 6.75. The summed E-state index contributed by atoms with van der Waals surface area (Å²) in [4.78, 5) is 38.2. The number of nitrogens with two attached hydrogens (primary N) is 1. The SMILES string of the molecule is C[C@H](Oc1ccc(C(N)=O)cc1)C(=O)N1c2ccccc2NC(=O)C1(C)C. The first-order valence-corrected chi connectivity index (χ1v) is 8.53. The number of anilines is 2. The molecule has 2 aromatic rings. The summed E-state index contributed by atoms with van der Waals surface area (Å²) in [5, 5.41) is 2.82. The molecule has 3 rings (SSSR count). The summed E-state index contributed by atoms with van der Waals surface area (Å²) in [5.74, 6) is -0.731. The second-order valence-corrected chi connectivity index (χ2v) is 6.85. The van der Waals surface area contributed by atoms with Crippen molar-refractivity contribution in [1.29, 1.82) is 0 Å². The van der Waals surface area contributed by atoms with Gasteiger partial charge in [0.1, 0.15) is 11.3 Å². The Morgan fingerprint density at radius 3 is 2.37 bits per heavy atom. The fourth-order valence-electron chi connectivity index (χ4n) is 2.98. The number of rotatable bonds is 4. The van der Waals surface area contributed by atoms with Crippen LogP contribution in [-0.4, -0.2) is 29.4 Å². The summed E-state index contributed by atoms with van der Waals surface area (Å²) in [6, 6.07) is 13.3. The fourth-order valence-corrected chi connectivity index (χ4v) is 2.98. The summed E-state index contributed by atoms with van der Waals surface area (Å²) < 4.78 is 5.73. The number of hydrogen-bond donors (Lipinski definition) is 2. The number of carbonyl (C=O) groups excluding carboxylic acids is 3. The van der Waals surface area contributed by atoms with Crippen LogP contribution in [0.3, 0.4) is 0 Å². The van der Waals surface area contributed by atoms with Crippen LogP contribution in [0.5, 0.6) is 5.75 Å². The largest absolute Gasteiger partial charge is 0.481 e. The first-order valence-electron chi connectivity index (χ1n) is 8.53. The molecule has 1 heterocycles. The van der Waals surface area contributed by atoms with Gasteiger partial charge in [0.25, 0.3) is 5.91 Å². The number of amides is 3. The summed E-state index contributed by atoms with van der Waals surface area (Å²) in [6.07, 6.45) is -0.845. The molecule has 0 fully saturated rings. The van der Waals surface area contributed by atoms with Gasteiger partial charge in [-0.3, -0.25) is 19.3 Å². The average molecular weight is 367 g/mol. The van der Waals surface area contributed by atoms with E-state index < -0.39 is 17.6 Å². The highest BCUT2D eigenvalue weighted by Gasteiger charge is 2.45. The highest BCUT2D eigenvalue weighted by Crippen LogP contribution is 2.37. The molecule has 1 aliphatic rings.